The largest absolute Gasteiger partial charge is 0.469 e. The molecule has 1 N–H and O–H groups in total. The van der Waals surface area contributed by atoms with E-state index in [0.717, 1.165) is 13.1 Å². The number of carbonyl (C=O) groups is 2. The van der Waals surface area contributed by atoms with Gasteiger partial charge in [-0.05, 0) is 27.7 Å². The van der Waals surface area contributed by atoms with Crippen LogP contribution in [0, 0.1) is 5.41 Å². The molecule has 18 heavy (non-hydrogen) atoms. The second kappa shape index (κ2) is 8.08. The van der Waals surface area contributed by atoms with Gasteiger partial charge in [0, 0.05) is 32.6 Å². The molecule has 1 amide bonds. The van der Waals surface area contributed by atoms with Crippen LogP contribution in [0.1, 0.15) is 34.1 Å². The number of nitrogens with one attached hydrogen (secondary N) is 1. The van der Waals surface area contributed by atoms with Crippen LogP contribution in [-0.4, -0.2) is 50.1 Å². The van der Waals surface area contributed by atoms with Crippen molar-refractivity contribution < 1.29 is 14.3 Å². The monoisotopic (exact) mass is 258 g/mol. The van der Waals surface area contributed by atoms with Crippen molar-refractivity contribution in [1.29, 1.82) is 0 Å². The summed E-state index contributed by atoms with van der Waals surface area (Å²) < 4.78 is 4.71. The highest BCUT2D eigenvalue weighted by Crippen LogP contribution is 2.15. The van der Waals surface area contributed by atoms with E-state index in [1.165, 1.54) is 7.11 Å². The molecule has 0 aromatic heterocycles. The fourth-order valence-corrected chi connectivity index (χ4v) is 1.68. The van der Waals surface area contributed by atoms with E-state index in [-0.39, 0.29) is 11.9 Å². The van der Waals surface area contributed by atoms with Gasteiger partial charge < -0.3 is 15.0 Å². The predicted molar refractivity (Wildman–Crippen MR) is 71.2 cm³/mol. The lowest BCUT2D eigenvalue weighted by Crippen LogP contribution is -2.39. The van der Waals surface area contributed by atoms with E-state index in [0.29, 0.717) is 19.5 Å². The minimum absolute atomic E-state index is 0.142. The molecule has 0 heterocycles. The molecule has 0 unspecified atom stereocenters. The number of carbonyl (C=O) groups excluding carboxylic acids is 2. The fourth-order valence-electron chi connectivity index (χ4n) is 1.68. The quantitative estimate of drug-likeness (QED) is 0.522. The Morgan fingerprint density at radius 3 is 2.22 bits per heavy atom. The zero-order valence-corrected chi connectivity index (χ0v) is 12.2. The molecule has 0 fully saturated rings. The summed E-state index contributed by atoms with van der Waals surface area (Å²) in [6.07, 6.45) is 0.457. The maximum atomic E-state index is 11.7. The molecular formula is C13H26N2O3. The van der Waals surface area contributed by atoms with Gasteiger partial charge in [0.2, 0.25) is 5.91 Å². The highest BCUT2D eigenvalue weighted by Gasteiger charge is 2.28. The van der Waals surface area contributed by atoms with Crippen molar-refractivity contribution in [2.45, 2.75) is 34.1 Å². The highest BCUT2D eigenvalue weighted by atomic mass is 16.5. The van der Waals surface area contributed by atoms with Crippen LogP contribution in [0.3, 0.4) is 0 Å². The van der Waals surface area contributed by atoms with Gasteiger partial charge in [0.05, 0.1) is 12.5 Å². The molecule has 0 aliphatic rings. The van der Waals surface area contributed by atoms with Crippen LogP contribution in [0.4, 0.5) is 0 Å². The van der Waals surface area contributed by atoms with Gasteiger partial charge in [-0.25, -0.2) is 0 Å². The van der Waals surface area contributed by atoms with Crippen molar-refractivity contribution >= 4 is 11.9 Å². The van der Waals surface area contributed by atoms with Crippen molar-refractivity contribution in [3.8, 4) is 0 Å². The van der Waals surface area contributed by atoms with Crippen LogP contribution in [0.25, 0.3) is 0 Å². The lowest BCUT2D eigenvalue weighted by atomic mass is 9.94. The number of nitrogens with zero attached hydrogens (tertiary/aromatic N) is 1. The van der Waals surface area contributed by atoms with Gasteiger partial charge >= 0.3 is 5.97 Å². The van der Waals surface area contributed by atoms with E-state index < -0.39 is 5.41 Å². The standard InChI is InChI=1S/C13H26N2O3/c1-6-15(7-2)11(16)8-9-14-10-13(3,4)12(17)18-5/h14H,6-10H2,1-5H3. The van der Waals surface area contributed by atoms with Crippen molar-refractivity contribution in [1.82, 2.24) is 10.2 Å². The Labute approximate surface area is 110 Å². The molecule has 0 saturated carbocycles. The van der Waals surface area contributed by atoms with Crippen LogP contribution in [-0.2, 0) is 14.3 Å². The van der Waals surface area contributed by atoms with Crippen molar-refractivity contribution in [2.75, 3.05) is 33.3 Å². The molecule has 5 nitrogen and oxygen atoms in total. The van der Waals surface area contributed by atoms with Crippen LogP contribution < -0.4 is 5.32 Å². The van der Waals surface area contributed by atoms with Crippen LogP contribution in [0.15, 0.2) is 0 Å². The van der Waals surface area contributed by atoms with Gasteiger partial charge in [0.1, 0.15) is 0 Å². The van der Waals surface area contributed by atoms with E-state index >= 15 is 0 Å². The lowest BCUT2D eigenvalue weighted by Gasteiger charge is -2.22. The summed E-state index contributed by atoms with van der Waals surface area (Å²) in [6, 6.07) is 0. The van der Waals surface area contributed by atoms with Gasteiger partial charge in [-0.1, -0.05) is 0 Å². The summed E-state index contributed by atoms with van der Waals surface area (Å²) >= 11 is 0. The second-order valence-electron chi connectivity index (χ2n) is 4.87. The molecule has 0 aromatic rings. The van der Waals surface area contributed by atoms with Gasteiger partial charge in [0.25, 0.3) is 0 Å². The highest BCUT2D eigenvalue weighted by molar-refractivity contribution is 5.76. The van der Waals surface area contributed by atoms with Crippen LogP contribution in [0.2, 0.25) is 0 Å². The summed E-state index contributed by atoms with van der Waals surface area (Å²) in [7, 11) is 1.38. The average molecular weight is 258 g/mol. The molecule has 0 atom stereocenters. The number of ether oxygens (including phenoxy) is 1. The Morgan fingerprint density at radius 2 is 1.78 bits per heavy atom. The minimum Gasteiger partial charge on any atom is -0.469 e. The zero-order valence-electron chi connectivity index (χ0n) is 12.2. The summed E-state index contributed by atoms with van der Waals surface area (Å²) in [5.41, 5.74) is -0.563. The third-order valence-corrected chi connectivity index (χ3v) is 2.94. The van der Waals surface area contributed by atoms with E-state index in [2.05, 4.69) is 5.32 Å². The maximum Gasteiger partial charge on any atom is 0.312 e. The van der Waals surface area contributed by atoms with Gasteiger partial charge in [-0.15, -0.1) is 0 Å². The predicted octanol–water partition coefficient (Wildman–Crippen LogP) is 1.03. The van der Waals surface area contributed by atoms with E-state index in [1.807, 2.05) is 27.7 Å². The Hall–Kier alpha value is -1.10. The first-order valence-electron chi connectivity index (χ1n) is 6.46. The number of amides is 1. The molecular weight excluding hydrogens is 232 g/mol. The molecule has 0 bridgehead atoms. The molecule has 106 valence electrons. The Balaban J connectivity index is 3.93. The first kappa shape index (κ1) is 16.9. The Bertz CT molecular complexity index is 273. The van der Waals surface area contributed by atoms with Crippen LogP contribution >= 0.6 is 0 Å². The third kappa shape index (κ3) is 5.49. The fraction of sp³-hybridized carbons (Fsp3) is 0.846. The third-order valence-electron chi connectivity index (χ3n) is 2.94. The number of hydrogen-bond donors (Lipinski definition) is 1. The molecule has 0 saturated heterocycles. The molecule has 0 rings (SSSR count). The van der Waals surface area contributed by atoms with Crippen molar-refractivity contribution in [2.24, 2.45) is 5.41 Å². The summed E-state index contributed by atoms with van der Waals surface area (Å²) in [6.45, 7) is 10.1. The summed E-state index contributed by atoms with van der Waals surface area (Å²) in [4.78, 5) is 24.9. The molecule has 0 aromatic carbocycles. The van der Waals surface area contributed by atoms with Crippen LogP contribution in [0.5, 0.6) is 0 Å². The topological polar surface area (TPSA) is 58.6 Å². The Morgan fingerprint density at radius 1 is 1.22 bits per heavy atom. The maximum absolute atomic E-state index is 11.7. The van der Waals surface area contributed by atoms with Crippen molar-refractivity contribution in [3.63, 3.8) is 0 Å². The SMILES string of the molecule is CCN(CC)C(=O)CCNCC(C)(C)C(=O)OC. The number of rotatable bonds is 8. The average Bonchev–Trinajstić information content (AvgIpc) is 2.35. The van der Waals surface area contributed by atoms with Gasteiger partial charge in [0.15, 0.2) is 0 Å². The number of methoxy groups -OCH3 is 1. The molecule has 0 aliphatic heterocycles. The second-order valence-corrected chi connectivity index (χ2v) is 4.87. The molecule has 0 spiro atoms. The minimum atomic E-state index is -0.563. The normalized spacial score (nSPS) is 11.2. The summed E-state index contributed by atoms with van der Waals surface area (Å²) in [5, 5.41) is 3.13. The smallest absolute Gasteiger partial charge is 0.312 e. The van der Waals surface area contributed by atoms with E-state index in [9.17, 15) is 9.59 Å². The Kier molecular flexibility index (Phi) is 7.59. The van der Waals surface area contributed by atoms with E-state index in [1.54, 1.807) is 4.90 Å². The number of esters is 1. The summed E-state index contributed by atoms with van der Waals surface area (Å²) in [5.74, 6) is -0.103. The van der Waals surface area contributed by atoms with E-state index in [4.69, 9.17) is 4.74 Å². The first-order valence-corrected chi connectivity index (χ1v) is 6.46. The zero-order chi connectivity index (χ0) is 14.2. The van der Waals surface area contributed by atoms with Gasteiger partial charge in [-0.2, -0.15) is 0 Å². The first-order chi connectivity index (χ1) is 8.38. The lowest BCUT2D eigenvalue weighted by molar-refractivity contribution is -0.150. The molecule has 0 aliphatic carbocycles. The van der Waals surface area contributed by atoms with Crippen molar-refractivity contribution in [3.05, 3.63) is 0 Å². The molecule has 0 radical (unpaired) electrons. The number of hydrogen-bond acceptors (Lipinski definition) is 4. The van der Waals surface area contributed by atoms with Gasteiger partial charge in [-0.3, -0.25) is 9.59 Å². The molecule has 5 heteroatoms.